The molecule has 0 bridgehead atoms. The summed E-state index contributed by atoms with van der Waals surface area (Å²) in [6.07, 6.45) is 8.28. The minimum absolute atomic E-state index is 0.104. The molecule has 0 saturated heterocycles. The molecule has 0 atom stereocenters. The Hall–Kier alpha value is 0.759. The van der Waals surface area contributed by atoms with E-state index >= 15 is 0 Å². The standard InChI is InChI=1S/2C5H11.C4H9O.Sn/c2*1-3-5-4-2;1-4(2,3)5;/h2*1,3-5H2,2H3;1-3H3;/q;;-1;+1. The van der Waals surface area contributed by atoms with Gasteiger partial charge in [-0.25, -0.2) is 0 Å². The van der Waals surface area contributed by atoms with Gasteiger partial charge in [-0.1, -0.05) is 0 Å². The molecule has 0 aromatic carbocycles. The molecule has 0 amide bonds. The van der Waals surface area contributed by atoms with Crippen LogP contribution in [0.15, 0.2) is 0 Å². The number of hydrogen-bond donors (Lipinski definition) is 0. The fraction of sp³-hybridized carbons (Fsp3) is 1.00. The van der Waals surface area contributed by atoms with Crippen LogP contribution in [-0.4, -0.2) is 25.8 Å². The van der Waals surface area contributed by atoms with Gasteiger partial charge >= 0.3 is 111 Å². The van der Waals surface area contributed by atoms with Crippen LogP contribution in [0.4, 0.5) is 0 Å². The van der Waals surface area contributed by atoms with Gasteiger partial charge in [0.25, 0.3) is 0 Å². The molecule has 0 N–H and O–H groups in total. The van der Waals surface area contributed by atoms with Gasteiger partial charge in [0.1, 0.15) is 0 Å². The zero-order chi connectivity index (χ0) is 12.4. The molecule has 0 heterocycles. The first-order valence-electron chi connectivity index (χ1n) is 7.03. The van der Waals surface area contributed by atoms with Crippen molar-refractivity contribution in [2.45, 2.75) is 87.6 Å². The predicted octanol–water partition coefficient (Wildman–Crippen LogP) is 5.17. The van der Waals surface area contributed by atoms with Crippen molar-refractivity contribution in [2.75, 3.05) is 0 Å². The minimum atomic E-state index is -1.51. The Morgan fingerprint density at radius 1 is 0.812 bits per heavy atom. The molecule has 1 radical (unpaired) electrons. The van der Waals surface area contributed by atoms with Gasteiger partial charge in [0.15, 0.2) is 0 Å². The Labute approximate surface area is 111 Å². The van der Waals surface area contributed by atoms with Crippen molar-refractivity contribution in [1.82, 2.24) is 0 Å². The molecule has 0 aliphatic rings. The first-order chi connectivity index (χ1) is 7.49. The fourth-order valence-corrected chi connectivity index (χ4v) is 9.25. The van der Waals surface area contributed by atoms with E-state index in [1.807, 2.05) is 0 Å². The average Bonchev–Trinajstić information content (AvgIpc) is 2.16. The molecule has 0 aromatic heterocycles. The maximum atomic E-state index is 6.33. The number of unbranched alkanes of at least 4 members (excludes halogenated alkanes) is 4. The molecule has 0 unspecified atom stereocenters. The van der Waals surface area contributed by atoms with Crippen LogP contribution < -0.4 is 0 Å². The van der Waals surface area contributed by atoms with Gasteiger partial charge in [-0.2, -0.15) is 0 Å². The van der Waals surface area contributed by atoms with Crippen LogP contribution in [0.1, 0.15) is 73.1 Å². The van der Waals surface area contributed by atoms with E-state index in [9.17, 15) is 0 Å². The van der Waals surface area contributed by atoms with Gasteiger partial charge in [0.2, 0.25) is 0 Å². The van der Waals surface area contributed by atoms with E-state index in [1.54, 1.807) is 0 Å². The average molecular weight is 334 g/mol. The molecular formula is C14H31OSn. The third-order valence-electron chi connectivity index (χ3n) is 2.57. The third kappa shape index (κ3) is 11.3. The SMILES string of the molecule is CCCC[CH2][Sn]([CH2]CCCC)[O]C(C)(C)C. The van der Waals surface area contributed by atoms with Crippen molar-refractivity contribution >= 4 is 20.2 Å². The van der Waals surface area contributed by atoms with Gasteiger partial charge in [0, 0.05) is 0 Å². The Morgan fingerprint density at radius 3 is 1.56 bits per heavy atom. The van der Waals surface area contributed by atoms with Crippen molar-refractivity contribution in [1.29, 1.82) is 0 Å². The van der Waals surface area contributed by atoms with E-state index in [1.165, 1.54) is 47.4 Å². The van der Waals surface area contributed by atoms with E-state index in [2.05, 4.69) is 34.6 Å². The number of hydrogen-bond acceptors (Lipinski definition) is 1. The van der Waals surface area contributed by atoms with Gasteiger partial charge in [-0.05, 0) is 0 Å². The predicted molar refractivity (Wildman–Crippen MR) is 75.3 cm³/mol. The molecule has 0 aliphatic heterocycles. The molecule has 2 heteroatoms. The van der Waals surface area contributed by atoms with Crippen molar-refractivity contribution in [3.8, 4) is 0 Å². The molecule has 0 saturated carbocycles. The van der Waals surface area contributed by atoms with E-state index < -0.39 is 20.2 Å². The summed E-state index contributed by atoms with van der Waals surface area (Å²) in [5.74, 6) is 0. The van der Waals surface area contributed by atoms with Crippen LogP contribution >= 0.6 is 0 Å². The monoisotopic (exact) mass is 335 g/mol. The zero-order valence-corrected chi connectivity index (χ0v) is 14.9. The van der Waals surface area contributed by atoms with Crippen molar-refractivity contribution in [3.63, 3.8) is 0 Å². The molecule has 16 heavy (non-hydrogen) atoms. The molecule has 0 aromatic rings. The van der Waals surface area contributed by atoms with E-state index in [4.69, 9.17) is 3.07 Å². The second-order valence-electron chi connectivity index (χ2n) is 5.67. The first kappa shape index (κ1) is 16.8. The summed E-state index contributed by atoms with van der Waals surface area (Å²) < 4.78 is 9.21. The van der Waals surface area contributed by atoms with Crippen molar-refractivity contribution in [2.24, 2.45) is 0 Å². The Balaban J connectivity index is 3.85. The summed E-state index contributed by atoms with van der Waals surface area (Å²) in [6.45, 7) is 11.2. The van der Waals surface area contributed by atoms with Crippen LogP contribution in [0.25, 0.3) is 0 Å². The Kier molecular flexibility index (Phi) is 10.2. The Bertz CT molecular complexity index is 141. The van der Waals surface area contributed by atoms with E-state index in [0.717, 1.165) is 0 Å². The summed E-state index contributed by atoms with van der Waals surface area (Å²) in [4.78, 5) is 0. The van der Waals surface area contributed by atoms with Crippen molar-refractivity contribution in [3.05, 3.63) is 0 Å². The third-order valence-corrected chi connectivity index (χ3v) is 10.3. The summed E-state index contributed by atoms with van der Waals surface area (Å²) in [5, 5.41) is 0. The molecule has 97 valence electrons. The molecule has 0 rings (SSSR count). The van der Waals surface area contributed by atoms with Crippen LogP contribution in [-0.2, 0) is 3.07 Å². The van der Waals surface area contributed by atoms with Gasteiger partial charge in [-0.15, -0.1) is 0 Å². The van der Waals surface area contributed by atoms with Crippen LogP contribution in [0.5, 0.6) is 0 Å². The fourth-order valence-electron chi connectivity index (χ4n) is 1.80. The second kappa shape index (κ2) is 9.75. The quantitative estimate of drug-likeness (QED) is 0.417. The van der Waals surface area contributed by atoms with Gasteiger partial charge in [-0.3, -0.25) is 0 Å². The topological polar surface area (TPSA) is 9.23 Å². The summed E-state index contributed by atoms with van der Waals surface area (Å²) in [5.41, 5.74) is 0.104. The van der Waals surface area contributed by atoms with Gasteiger partial charge < -0.3 is 0 Å². The number of rotatable bonds is 9. The van der Waals surface area contributed by atoms with E-state index in [-0.39, 0.29) is 5.60 Å². The molecule has 0 fully saturated rings. The summed E-state index contributed by atoms with van der Waals surface area (Å²) in [7, 11) is 0. The first-order valence-corrected chi connectivity index (χ1v) is 12.2. The van der Waals surface area contributed by atoms with Gasteiger partial charge in [0.05, 0.1) is 0 Å². The molecule has 0 spiro atoms. The summed E-state index contributed by atoms with van der Waals surface area (Å²) in [6, 6.07) is 0. The molecule has 1 nitrogen and oxygen atoms in total. The zero-order valence-electron chi connectivity index (χ0n) is 12.1. The molecule has 0 aliphatic carbocycles. The summed E-state index contributed by atoms with van der Waals surface area (Å²) >= 11 is -1.51. The van der Waals surface area contributed by atoms with Crippen LogP contribution in [0.3, 0.4) is 0 Å². The van der Waals surface area contributed by atoms with Crippen molar-refractivity contribution < 1.29 is 3.07 Å². The molecular weight excluding hydrogens is 303 g/mol. The second-order valence-corrected chi connectivity index (χ2v) is 12.2. The maximum absolute atomic E-state index is 6.33. The van der Waals surface area contributed by atoms with Crippen LogP contribution in [0.2, 0.25) is 8.87 Å². The van der Waals surface area contributed by atoms with E-state index in [0.29, 0.717) is 0 Å². The van der Waals surface area contributed by atoms with Crippen LogP contribution in [0, 0.1) is 0 Å². The Morgan fingerprint density at radius 2 is 1.25 bits per heavy atom. The normalized spacial score (nSPS) is 12.4.